The Morgan fingerprint density at radius 3 is 2.65 bits per heavy atom. The molecule has 2 heterocycles. The zero-order chi connectivity index (χ0) is 24.6. The number of nitrogens with one attached hydrogen (secondary N) is 3. The first kappa shape index (κ1) is 24.1. The molecule has 34 heavy (non-hydrogen) atoms. The van der Waals surface area contributed by atoms with Crippen molar-refractivity contribution in [1.29, 1.82) is 0 Å². The number of rotatable bonds is 5. The van der Waals surface area contributed by atoms with Crippen molar-refractivity contribution >= 4 is 40.9 Å². The molecule has 9 heteroatoms. The third-order valence-electron chi connectivity index (χ3n) is 6.48. The van der Waals surface area contributed by atoms with Gasteiger partial charge in [0.25, 0.3) is 5.91 Å². The summed E-state index contributed by atoms with van der Waals surface area (Å²) in [6.45, 7) is 8.05. The fourth-order valence-corrected chi connectivity index (χ4v) is 5.27. The standard InChI is InChI=1S/C25H32ClN5O3/c1-14-8-7-9-15(12-14)28-21-19-16(13-27-23(19)32)20(26)22(30-21)29-17-10-5-6-11-18(17)31(24(33)34)25(2,3)4/h7-9,12,17-18H,5-6,10-11,13H2,1-4H3,(H,27,32)(H,33,34)(H2,28,29,30)/t17-,18+/m1/s1. The number of hydrogen-bond donors (Lipinski definition) is 4. The number of amides is 2. The molecule has 0 bridgehead atoms. The van der Waals surface area contributed by atoms with E-state index in [1.54, 1.807) is 4.90 Å². The van der Waals surface area contributed by atoms with Crippen LogP contribution in [-0.2, 0) is 6.54 Å². The molecule has 2 aliphatic rings. The van der Waals surface area contributed by atoms with Gasteiger partial charge in [-0.15, -0.1) is 0 Å². The number of hydrogen-bond acceptors (Lipinski definition) is 5. The second-order valence-electron chi connectivity index (χ2n) is 10.1. The number of fused-ring (bicyclic) bond motifs is 1. The predicted molar refractivity (Wildman–Crippen MR) is 134 cm³/mol. The number of carbonyl (C=O) groups is 2. The van der Waals surface area contributed by atoms with Crippen LogP contribution in [-0.4, -0.2) is 44.6 Å². The lowest BCUT2D eigenvalue weighted by molar-refractivity contribution is 0.0520. The molecule has 0 spiro atoms. The second kappa shape index (κ2) is 9.33. The zero-order valence-electron chi connectivity index (χ0n) is 20.0. The molecule has 1 aromatic heterocycles. The smallest absolute Gasteiger partial charge is 0.408 e. The van der Waals surface area contributed by atoms with Crippen molar-refractivity contribution in [1.82, 2.24) is 15.2 Å². The van der Waals surface area contributed by atoms with E-state index in [9.17, 15) is 14.7 Å². The number of benzene rings is 1. The van der Waals surface area contributed by atoms with Crippen molar-refractivity contribution in [3.05, 3.63) is 46.0 Å². The molecule has 0 radical (unpaired) electrons. The van der Waals surface area contributed by atoms with Crippen LogP contribution in [0.1, 0.15) is 67.9 Å². The molecule has 1 aliphatic heterocycles. The lowest BCUT2D eigenvalue weighted by Gasteiger charge is -2.45. The van der Waals surface area contributed by atoms with E-state index in [4.69, 9.17) is 16.6 Å². The van der Waals surface area contributed by atoms with Crippen LogP contribution in [0.25, 0.3) is 0 Å². The number of nitrogens with zero attached hydrogens (tertiary/aromatic N) is 2. The Labute approximate surface area is 205 Å². The molecule has 182 valence electrons. The van der Waals surface area contributed by atoms with Gasteiger partial charge in [0.1, 0.15) is 11.6 Å². The van der Waals surface area contributed by atoms with E-state index >= 15 is 0 Å². The third-order valence-corrected chi connectivity index (χ3v) is 6.89. The maximum atomic E-state index is 12.6. The van der Waals surface area contributed by atoms with Gasteiger partial charge in [0.15, 0.2) is 0 Å². The fourth-order valence-electron chi connectivity index (χ4n) is 5.02. The minimum absolute atomic E-state index is 0.149. The predicted octanol–water partition coefficient (Wildman–Crippen LogP) is 5.53. The largest absolute Gasteiger partial charge is 0.465 e. The van der Waals surface area contributed by atoms with Gasteiger partial charge < -0.3 is 21.1 Å². The molecule has 4 N–H and O–H groups in total. The summed E-state index contributed by atoms with van der Waals surface area (Å²) in [5.41, 5.74) is 2.50. The number of anilines is 3. The van der Waals surface area contributed by atoms with Gasteiger partial charge in [0.2, 0.25) is 0 Å². The molecule has 1 aromatic carbocycles. The monoisotopic (exact) mass is 485 g/mol. The van der Waals surface area contributed by atoms with Crippen LogP contribution in [0.4, 0.5) is 22.1 Å². The van der Waals surface area contributed by atoms with E-state index in [1.807, 2.05) is 52.0 Å². The fraction of sp³-hybridized carbons (Fsp3) is 0.480. The number of aromatic nitrogens is 1. The van der Waals surface area contributed by atoms with Crippen molar-refractivity contribution < 1.29 is 14.7 Å². The van der Waals surface area contributed by atoms with Crippen LogP contribution in [0, 0.1) is 6.92 Å². The Morgan fingerprint density at radius 1 is 1.24 bits per heavy atom. The Hall–Kier alpha value is -3.00. The second-order valence-corrected chi connectivity index (χ2v) is 10.5. The lowest BCUT2D eigenvalue weighted by Crippen LogP contribution is -2.58. The average Bonchev–Trinajstić information content (AvgIpc) is 3.13. The first-order chi connectivity index (χ1) is 16.1. The SMILES string of the molecule is Cc1cccc(Nc2nc(N[C@@H]3CCCC[C@@H]3N(C(=O)O)C(C)(C)C)c(Cl)c3c2C(=O)NC3)c1. The van der Waals surface area contributed by atoms with Gasteiger partial charge in [-0.3, -0.25) is 9.69 Å². The van der Waals surface area contributed by atoms with Crippen molar-refractivity contribution in [3.63, 3.8) is 0 Å². The van der Waals surface area contributed by atoms with Gasteiger partial charge in [-0.05, 0) is 58.2 Å². The van der Waals surface area contributed by atoms with E-state index in [2.05, 4.69) is 16.0 Å². The van der Waals surface area contributed by atoms with Gasteiger partial charge in [-0.2, -0.15) is 0 Å². The molecule has 1 fully saturated rings. The van der Waals surface area contributed by atoms with E-state index < -0.39 is 11.6 Å². The normalized spacial score (nSPS) is 19.9. The number of carboxylic acid groups (broad SMARTS) is 1. The molecule has 0 unspecified atom stereocenters. The summed E-state index contributed by atoms with van der Waals surface area (Å²) in [6.07, 6.45) is 2.58. The summed E-state index contributed by atoms with van der Waals surface area (Å²) in [7, 11) is 0. The van der Waals surface area contributed by atoms with E-state index in [0.29, 0.717) is 34.3 Å². The van der Waals surface area contributed by atoms with E-state index in [0.717, 1.165) is 36.9 Å². The van der Waals surface area contributed by atoms with Gasteiger partial charge in [0.05, 0.1) is 16.6 Å². The number of pyridine rings is 1. The van der Waals surface area contributed by atoms with Crippen LogP contribution in [0.15, 0.2) is 24.3 Å². The molecule has 2 amide bonds. The molecule has 1 aliphatic carbocycles. The number of aryl methyl sites for hydroxylation is 1. The van der Waals surface area contributed by atoms with Crippen LogP contribution in [0.5, 0.6) is 0 Å². The summed E-state index contributed by atoms with van der Waals surface area (Å²) < 4.78 is 0. The Balaban J connectivity index is 1.71. The van der Waals surface area contributed by atoms with E-state index in [-0.39, 0.29) is 18.0 Å². The molecule has 8 nitrogen and oxygen atoms in total. The molecular formula is C25H32ClN5O3. The summed E-state index contributed by atoms with van der Waals surface area (Å²) in [6, 6.07) is 7.47. The molecule has 2 aromatic rings. The van der Waals surface area contributed by atoms with Crippen molar-refractivity contribution in [3.8, 4) is 0 Å². The van der Waals surface area contributed by atoms with Crippen LogP contribution < -0.4 is 16.0 Å². The highest BCUT2D eigenvalue weighted by molar-refractivity contribution is 6.34. The molecule has 0 saturated heterocycles. The first-order valence-corrected chi connectivity index (χ1v) is 12.1. The van der Waals surface area contributed by atoms with Gasteiger partial charge >= 0.3 is 6.09 Å². The van der Waals surface area contributed by atoms with E-state index in [1.165, 1.54) is 0 Å². The molecule has 1 saturated carbocycles. The lowest BCUT2D eigenvalue weighted by atomic mass is 9.86. The highest BCUT2D eigenvalue weighted by Gasteiger charge is 2.40. The topological polar surface area (TPSA) is 107 Å². The maximum absolute atomic E-state index is 12.6. The van der Waals surface area contributed by atoms with Gasteiger partial charge in [-0.1, -0.05) is 36.6 Å². The summed E-state index contributed by atoms with van der Waals surface area (Å²) in [5, 5.41) is 20.0. The number of halogens is 1. The van der Waals surface area contributed by atoms with Gasteiger partial charge in [-0.25, -0.2) is 9.78 Å². The Bertz CT molecular complexity index is 1110. The molecule has 2 atom stereocenters. The van der Waals surface area contributed by atoms with Crippen LogP contribution in [0.2, 0.25) is 5.02 Å². The summed E-state index contributed by atoms with van der Waals surface area (Å²) in [5.74, 6) is 0.676. The number of carbonyl (C=O) groups excluding carboxylic acids is 1. The van der Waals surface area contributed by atoms with Crippen molar-refractivity contribution in [2.45, 2.75) is 77.5 Å². The van der Waals surface area contributed by atoms with Crippen molar-refractivity contribution in [2.24, 2.45) is 0 Å². The minimum atomic E-state index is -0.934. The zero-order valence-corrected chi connectivity index (χ0v) is 20.8. The van der Waals surface area contributed by atoms with Gasteiger partial charge in [0, 0.05) is 29.4 Å². The quantitative estimate of drug-likeness (QED) is 0.443. The first-order valence-electron chi connectivity index (χ1n) is 11.7. The Kier molecular flexibility index (Phi) is 6.62. The maximum Gasteiger partial charge on any atom is 0.408 e. The van der Waals surface area contributed by atoms with Crippen LogP contribution in [0.3, 0.4) is 0 Å². The third kappa shape index (κ3) is 4.78. The molecule has 4 rings (SSSR count). The summed E-state index contributed by atoms with van der Waals surface area (Å²) >= 11 is 6.74. The highest BCUT2D eigenvalue weighted by atomic mass is 35.5. The highest BCUT2D eigenvalue weighted by Crippen LogP contribution is 2.38. The average molecular weight is 486 g/mol. The molecular weight excluding hydrogens is 454 g/mol. The Morgan fingerprint density at radius 2 is 1.97 bits per heavy atom. The minimum Gasteiger partial charge on any atom is -0.465 e. The van der Waals surface area contributed by atoms with Crippen LogP contribution >= 0.6 is 11.6 Å². The summed E-state index contributed by atoms with van der Waals surface area (Å²) in [4.78, 5) is 31.0. The van der Waals surface area contributed by atoms with Crippen molar-refractivity contribution in [2.75, 3.05) is 10.6 Å².